The van der Waals surface area contributed by atoms with Gasteiger partial charge in [-0.1, -0.05) is 0 Å². The SMILES string of the molecule is CCNC(=O)CC(C)(O)C(F)(F)F. The lowest BCUT2D eigenvalue weighted by molar-refractivity contribution is -0.253. The molecule has 0 aliphatic carbocycles. The predicted molar refractivity (Wildman–Crippen MR) is 40.0 cm³/mol. The Hall–Kier alpha value is -0.780. The van der Waals surface area contributed by atoms with Crippen molar-refractivity contribution in [1.29, 1.82) is 0 Å². The number of carbonyl (C=O) groups is 1. The highest BCUT2D eigenvalue weighted by atomic mass is 19.4. The zero-order valence-corrected chi connectivity index (χ0v) is 7.40. The van der Waals surface area contributed by atoms with Gasteiger partial charge in [-0.2, -0.15) is 13.2 Å². The molecule has 0 aromatic carbocycles. The van der Waals surface area contributed by atoms with Crippen LogP contribution in [0.5, 0.6) is 0 Å². The molecule has 0 aliphatic heterocycles. The molecule has 0 aromatic heterocycles. The van der Waals surface area contributed by atoms with Crippen molar-refractivity contribution in [3.8, 4) is 0 Å². The highest BCUT2D eigenvalue weighted by molar-refractivity contribution is 5.77. The molecule has 0 aliphatic rings. The average Bonchev–Trinajstić information content (AvgIpc) is 1.83. The zero-order chi connectivity index (χ0) is 10.7. The molecule has 0 aromatic rings. The molecule has 0 saturated carbocycles. The number of hydrogen-bond donors (Lipinski definition) is 2. The number of rotatable bonds is 3. The molecule has 13 heavy (non-hydrogen) atoms. The molecular weight excluding hydrogens is 187 g/mol. The molecule has 0 heterocycles. The fraction of sp³-hybridized carbons (Fsp3) is 0.857. The van der Waals surface area contributed by atoms with Crippen LogP contribution in [0.25, 0.3) is 0 Å². The van der Waals surface area contributed by atoms with Crippen molar-refractivity contribution in [2.45, 2.75) is 32.0 Å². The van der Waals surface area contributed by atoms with Crippen LogP contribution >= 0.6 is 0 Å². The summed E-state index contributed by atoms with van der Waals surface area (Å²) < 4.78 is 36.0. The largest absolute Gasteiger partial charge is 0.417 e. The molecule has 1 unspecified atom stereocenters. The van der Waals surface area contributed by atoms with E-state index in [0.717, 1.165) is 0 Å². The number of carbonyl (C=O) groups excluding carboxylic acids is 1. The number of halogens is 3. The van der Waals surface area contributed by atoms with Crippen molar-refractivity contribution in [3.05, 3.63) is 0 Å². The van der Waals surface area contributed by atoms with Crippen LogP contribution in [-0.2, 0) is 4.79 Å². The van der Waals surface area contributed by atoms with Crippen molar-refractivity contribution in [1.82, 2.24) is 5.32 Å². The Balaban J connectivity index is 4.26. The smallest absolute Gasteiger partial charge is 0.380 e. The van der Waals surface area contributed by atoms with Crippen LogP contribution in [0.3, 0.4) is 0 Å². The topological polar surface area (TPSA) is 49.3 Å². The molecule has 78 valence electrons. The Morgan fingerprint density at radius 1 is 1.46 bits per heavy atom. The molecule has 6 heteroatoms. The van der Waals surface area contributed by atoms with Gasteiger partial charge in [-0.15, -0.1) is 0 Å². The summed E-state index contributed by atoms with van der Waals surface area (Å²) in [5, 5.41) is 11.0. The molecular formula is C7H12F3NO2. The summed E-state index contributed by atoms with van der Waals surface area (Å²) in [7, 11) is 0. The monoisotopic (exact) mass is 199 g/mol. The fourth-order valence-corrected chi connectivity index (χ4v) is 0.673. The van der Waals surface area contributed by atoms with E-state index in [1.807, 2.05) is 0 Å². The van der Waals surface area contributed by atoms with Crippen molar-refractivity contribution < 1.29 is 23.1 Å². The number of amides is 1. The Labute approximate surface area is 73.9 Å². The van der Waals surface area contributed by atoms with Gasteiger partial charge < -0.3 is 10.4 Å². The molecule has 0 spiro atoms. The highest BCUT2D eigenvalue weighted by Crippen LogP contribution is 2.32. The van der Waals surface area contributed by atoms with Gasteiger partial charge in [0, 0.05) is 6.54 Å². The lowest BCUT2D eigenvalue weighted by Gasteiger charge is -2.25. The van der Waals surface area contributed by atoms with E-state index in [4.69, 9.17) is 5.11 Å². The van der Waals surface area contributed by atoms with E-state index in [2.05, 4.69) is 5.32 Å². The maximum Gasteiger partial charge on any atom is 0.417 e. The van der Waals surface area contributed by atoms with Crippen molar-refractivity contribution in [2.24, 2.45) is 0 Å². The summed E-state index contributed by atoms with van der Waals surface area (Å²) in [6, 6.07) is 0. The predicted octanol–water partition coefficient (Wildman–Crippen LogP) is 0.826. The van der Waals surface area contributed by atoms with Crippen LogP contribution in [-0.4, -0.2) is 29.3 Å². The second-order valence-electron chi connectivity index (χ2n) is 2.90. The van der Waals surface area contributed by atoms with Crippen molar-refractivity contribution >= 4 is 5.91 Å². The molecule has 0 saturated heterocycles. The van der Waals surface area contributed by atoms with Gasteiger partial charge in [0.1, 0.15) is 0 Å². The number of aliphatic hydroxyl groups is 1. The van der Waals surface area contributed by atoms with E-state index < -0.39 is 24.1 Å². The van der Waals surface area contributed by atoms with E-state index in [9.17, 15) is 18.0 Å². The number of nitrogens with one attached hydrogen (secondary N) is 1. The zero-order valence-electron chi connectivity index (χ0n) is 7.40. The Kier molecular flexibility index (Phi) is 3.71. The van der Waals surface area contributed by atoms with Crippen molar-refractivity contribution in [2.75, 3.05) is 6.54 Å². The van der Waals surface area contributed by atoms with Crippen LogP contribution in [0, 0.1) is 0 Å². The quantitative estimate of drug-likeness (QED) is 0.707. The lowest BCUT2D eigenvalue weighted by Crippen LogP contribution is -2.46. The molecule has 0 rings (SSSR count). The van der Waals surface area contributed by atoms with Crippen LogP contribution in [0.15, 0.2) is 0 Å². The summed E-state index contributed by atoms with van der Waals surface area (Å²) in [6.45, 7) is 2.40. The minimum Gasteiger partial charge on any atom is -0.380 e. The molecule has 2 N–H and O–H groups in total. The molecule has 3 nitrogen and oxygen atoms in total. The average molecular weight is 199 g/mol. The second kappa shape index (κ2) is 3.95. The van der Waals surface area contributed by atoms with Gasteiger partial charge in [-0.25, -0.2) is 0 Å². The van der Waals surface area contributed by atoms with E-state index in [0.29, 0.717) is 6.92 Å². The van der Waals surface area contributed by atoms with Gasteiger partial charge in [0.15, 0.2) is 5.60 Å². The summed E-state index contributed by atoms with van der Waals surface area (Å²) >= 11 is 0. The maximum absolute atomic E-state index is 12.0. The Morgan fingerprint density at radius 3 is 2.23 bits per heavy atom. The van der Waals surface area contributed by atoms with E-state index >= 15 is 0 Å². The van der Waals surface area contributed by atoms with E-state index in [-0.39, 0.29) is 6.54 Å². The van der Waals surface area contributed by atoms with Gasteiger partial charge in [0.05, 0.1) is 6.42 Å². The third kappa shape index (κ3) is 3.63. The summed E-state index contributed by atoms with van der Waals surface area (Å²) in [5.41, 5.74) is -2.95. The number of hydrogen-bond acceptors (Lipinski definition) is 2. The molecule has 1 atom stereocenters. The third-order valence-corrected chi connectivity index (χ3v) is 1.49. The van der Waals surface area contributed by atoms with Gasteiger partial charge in [0.25, 0.3) is 0 Å². The van der Waals surface area contributed by atoms with Gasteiger partial charge in [-0.3, -0.25) is 4.79 Å². The first-order valence-corrected chi connectivity index (χ1v) is 3.76. The van der Waals surface area contributed by atoms with Crippen LogP contribution in [0.4, 0.5) is 13.2 Å². The minimum atomic E-state index is -4.78. The normalized spacial score (nSPS) is 16.5. The third-order valence-electron chi connectivity index (χ3n) is 1.49. The second-order valence-corrected chi connectivity index (χ2v) is 2.90. The molecule has 0 bridgehead atoms. The van der Waals surface area contributed by atoms with Gasteiger partial charge in [-0.05, 0) is 13.8 Å². The molecule has 0 fully saturated rings. The fourth-order valence-electron chi connectivity index (χ4n) is 0.673. The van der Waals surface area contributed by atoms with E-state index in [1.165, 1.54) is 0 Å². The summed E-state index contributed by atoms with van der Waals surface area (Å²) in [5.74, 6) is -0.815. The van der Waals surface area contributed by atoms with Crippen LogP contribution < -0.4 is 5.32 Å². The summed E-state index contributed by atoms with van der Waals surface area (Å²) in [6.07, 6.45) is -5.75. The van der Waals surface area contributed by atoms with E-state index in [1.54, 1.807) is 6.92 Å². The van der Waals surface area contributed by atoms with Crippen LogP contribution in [0.2, 0.25) is 0 Å². The van der Waals surface area contributed by atoms with Crippen LogP contribution in [0.1, 0.15) is 20.3 Å². The van der Waals surface area contributed by atoms with Crippen molar-refractivity contribution in [3.63, 3.8) is 0 Å². The Bertz CT molecular complexity index is 189. The van der Waals surface area contributed by atoms with Gasteiger partial charge in [0.2, 0.25) is 5.91 Å². The highest BCUT2D eigenvalue weighted by Gasteiger charge is 2.50. The first-order chi connectivity index (χ1) is 5.70. The summed E-state index contributed by atoms with van der Waals surface area (Å²) in [4.78, 5) is 10.7. The first-order valence-electron chi connectivity index (χ1n) is 3.76. The minimum absolute atomic E-state index is 0.243. The number of alkyl halides is 3. The molecule has 1 amide bonds. The lowest BCUT2D eigenvalue weighted by atomic mass is 10.0. The molecule has 0 radical (unpaired) electrons. The Morgan fingerprint density at radius 2 is 1.92 bits per heavy atom. The maximum atomic E-state index is 12.0. The van der Waals surface area contributed by atoms with Gasteiger partial charge >= 0.3 is 6.18 Å². The standard InChI is InChI=1S/C7H12F3NO2/c1-3-11-5(12)4-6(2,13)7(8,9)10/h13H,3-4H2,1-2H3,(H,11,12). The first kappa shape index (κ1) is 12.2.